The van der Waals surface area contributed by atoms with Gasteiger partial charge in [0, 0.05) is 36.8 Å². The highest BCUT2D eigenvalue weighted by Crippen LogP contribution is 2.39. The fourth-order valence-corrected chi connectivity index (χ4v) is 3.68. The van der Waals surface area contributed by atoms with Gasteiger partial charge in [-0.1, -0.05) is 0 Å². The second kappa shape index (κ2) is 7.32. The summed E-state index contributed by atoms with van der Waals surface area (Å²) >= 11 is 0. The van der Waals surface area contributed by atoms with Crippen LogP contribution in [0.15, 0.2) is 6.20 Å². The van der Waals surface area contributed by atoms with Crippen LogP contribution >= 0.6 is 0 Å². The van der Waals surface area contributed by atoms with E-state index >= 15 is 0 Å². The van der Waals surface area contributed by atoms with Crippen LogP contribution in [0.25, 0.3) is 10.9 Å². The Morgan fingerprint density at radius 1 is 1.38 bits per heavy atom. The number of nitrogens with one attached hydrogen (secondary N) is 1. The molecule has 0 aliphatic heterocycles. The zero-order chi connectivity index (χ0) is 17.1. The summed E-state index contributed by atoms with van der Waals surface area (Å²) in [4.78, 5) is 20.1. The van der Waals surface area contributed by atoms with Crippen LogP contribution in [0.2, 0.25) is 0 Å². The molecule has 6 heteroatoms. The van der Waals surface area contributed by atoms with Crippen molar-refractivity contribution in [3.8, 4) is 0 Å². The molecule has 1 aliphatic carbocycles. The van der Waals surface area contributed by atoms with Crippen molar-refractivity contribution in [3.63, 3.8) is 0 Å². The van der Waals surface area contributed by atoms with E-state index in [0.29, 0.717) is 31.4 Å². The summed E-state index contributed by atoms with van der Waals surface area (Å²) in [5.41, 5.74) is 4.56. The molecule has 24 heavy (non-hydrogen) atoms. The maximum absolute atomic E-state index is 12.3. The third-order valence-corrected chi connectivity index (χ3v) is 4.57. The van der Waals surface area contributed by atoms with Crippen LogP contribution < -0.4 is 0 Å². The zero-order valence-corrected chi connectivity index (χ0v) is 14.5. The molecule has 3 rings (SSSR count). The van der Waals surface area contributed by atoms with E-state index in [1.54, 1.807) is 27.3 Å². The van der Waals surface area contributed by atoms with E-state index in [1.165, 1.54) is 11.3 Å². The molecular weight excluding hydrogens is 308 g/mol. The molecule has 1 N–H and O–H groups in total. The molecule has 2 heterocycles. The van der Waals surface area contributed by atoms with Crippen molar-refractivity contribution in [2.75, 3.05) is 27.4 Å². The largest absolute Gasteiger partial charge is 0.461 e. The van der Waals surface area contributed by atoms with Crippen LogP contribution in [0, 0.1) is 0 Å². The fraction of sp³-hybridized carbons (Fsp3) is 0.556. The van der Waals surface area contributed by atoms with E-state index in [1.807, 2.05) is 0 Å². The Kier molecular flexibility index (Phi) is 5.16. The van der Waals surface area contributed by atoms with Crippen LogP contribution in [0.5, 0.6) is 0 Å². The maximum Gasteiger partial charge on any atom is 0.357 e. The van der Waals surface area contributed by atoms with Crippen molar-refractivity contribution in [1.82, 2.24) is 9.97 Å². The minimum Gasteiger partial charge on any atom is -0.461 e. The number of aryl methyl sites for hydroxylation is 1. The molecule has 0 spiro atoms. The monoisotopic (exact) mass is 332 g/mol. The number of nitrogens with zero attached hydrogens (tertiary/aromatic N) is 1. The SMILES string of the molecule is CCOC(=O)c1ncc2[nH]c3c(c2c1COC)C(COC)CCC3. The van der Waals surface area contributed by atoms with Gasteiger partial charge in [-0.05, 0) is 31.7 Å². The topological polar surface area (TPSA) is 73.4 Å². The summed E-state index contributed by atoms with van der Waals surface area (Å²) in [6.45, 7) is 3.10. The van der Waals surface area contributed by atoms with Crippen LogP contribution in [-0.4, -0.2) is 43.4 Å². The summed E-state index contributed by atoms with van der Waals surface area (Å²) < 4.78 is 16.0. The number of rotatable bonds is 6. The second-order valence-electron chi connectivity index (χ2n) is 6.09. The van der Waals surface area contributed by atoms with Gasteiger partial charge in [-0.25, -0.2) is 9.78 Å². The highest BCUT2D eigenvalue weighted by molar-refractivity contribution is 5.97. The van der Waals surface area contributed by atoms with E-state index in [-0.39, 0.29) is 0 Å². The zero-order valence-electron chi connectivity index (χ0n) is 14.5. The highest BCUT2D eigenvalue weighted by Gasteiger charge is 2.28. The van der Waals surface area contributed by atoms with Crippen LogP contribution in [-0.2, 0) is 27.2 Å². The van der Waals surface area contributed by atoms with E-state index in [4.69, 9.17) is 14.2 Å². The molecule has 0 bridgehead atoms. The minimum absolute atomic E-state index is 0.320. The molecule has 1 atom stereocenters. The Morgan fingerprint density at radius 2 is 2.21 bits per heavy atom. The van der Waals surface area contributed by atoms with Gasteiger partial charge in [-0.15, -0.1) is 0 Å². The van der Waals surface area contributed by atoms with Gasteiger partial charge < -0.3 is 19.2 Å². The van der Waals surface area contributed by atoms with Crippen molar-refractivity contribution >= 4 is 16.9 Å². The number of pyridine rings is 1. The Labute approximate surface area is 141 Å². The lowest BCUT2D eigenvalue weighted by Crippen LogP contribution is -2.15. The first-order valence-electron chi connectivity index (χ1n) is 8.38. The molecule has 1 aliphatic rings. The number of hydrogen-bond donors (Lipinski definition) is 1. The summed E-state index contributed by atoms with van der Waals surface area (Å²) in [5.74, 6) is -0.0824. The number of aromatic amines is 1. The first kappa shape index (κ1) is 16.9. The minimum atomic E-state index is -0.402. The molecule has 1 unspecified atom stereocenters. The van der Waals surface area contributed by atoms with Gasteiger partial charge in [0.05, 0.1) is 31.5 Å². The number of esters is 1. The Morgan fingerprint density at radius 3 is 2.92 bits per heavy atom. The number of fused-ring (bicyclic) bond motifs is 3. The summed E-state index contributed by atoms with van der Waals surface area (Å²) in [5, 5.41) is 1.05. The number of ether oxygens (including phenoxy) is 3. The van der Waals surface area contributed by atoms with E-state index in [9.17, 15) is 4.79 Å². The Hall–Kier alpha value is -1.92. The molecule has 0 aromatic carbocycles. The number of methoxy groups -OCH3 is 2. The van der Waals surface area contributed by atoms with Gasteiger partial charge >= 0.3 is 5.97 Å². The van der Waals surface area contributed by atoms with Crippen LogP contribution in [0.3, 0.4) is 0 Å². The number of aromatic nitrogens is 2. The average molecular weight is 332 g/mol. The Bertz CT molecular complexity index is 738. The lowest BCUT2D eigenvalue weighted by Gasteiger charge is -2.23. The standard InChI is InChI=1S/C18H24N2O4/c1-4-24-18(21)17-12(10-23-3)16-14(8-19-17)20-13-7-5-6-11(9-22-2)15(13)16/h8,11,20H,4-7,9-10H2,1-3H3. The average Bonchev–Trinajstić information content (AvgIpc) is 2.95. The van der Waals surface area contributed by atoms with Crippen molar-refractivity contribution in [2.24, 2.45) is 0 Å². The van der Waals surface area contributed by atoms with Crippen LogP contribution in [0.1, 0.15) is 53.0 Å². The van der Waals surface area contributed by atoms with Crippen molar-refractivity contribution in [2.45, 2.75) is 38.7 Å². The van der Waals surface area contributed by atoms with E-state index < -0.39 is 5.97 Å². The van der Waals surface area contributed by atoms with Crippen molar-refractivity contribution < 1.29 is 19.0 Å². The normalized spacial score (nSPS) is 17.0. The van der Waals surface area contributed by atoms with Crippen molar-refractivity contribution in [1.29, 1.82) is 0 Å². The van der Waals surface area contributed by atoms with Crippen LogP contribution in [0.4, 0.5) is 0 Å². The first-order valence-corrected chi connectivity index (χ1v) is 8.38. The molecule has 0 radical (unpaired) electrons. The second-order valence-corrected chi connectivity index (χ2v) is 6.09. The van der Waals surface area contributed by atoms with Gasteiger partial charge in [-0.2, -0.15) is 0 Å². The molecule has 130 valence electrons. The fourth-order valence-electron chi connectivity index (χ4n) is 3.68. The smallest absolute Gasteiger partial charge is 0.357 e. The third kappa shape index (κ3) is 2.91. The molecule has 6 nitrogen and oxygen atoms in total. The van der Waals surface area contributed by atoms with E-state index in [0.717, 1.165) is 35.7 Å². The lowest BCUT2D eigenvalue weighted by atomic mass is 9.84. The quantitative estimate of drug-likeness (QED) is 0.823. The highest BCUT2D eigenvalue weighted by atomic mass is 16.5. The molecule has 2 aromatic heterocycles. The molecule has 0 saturated carbocycles. The van der Waals surface area contributed by atoms with Gasteiger partial charge in [0.25, 0.3) is 0 Å². The summed E-state index contributed by atoms with van der Waals surface area (Å²) in [6, 6.07) is 0. The summed E-state index contributed by atoms with van der Waals surface area (Å²) in [6.07, 6.45) is 4.94. The maximum atomic E-state index is 12.3. The number of H-pyrrole nitrogens is 1. The third-order valence-electron chi connectivity index (χ3n) is 4.57. The number of carbonyl (C=O) groups excluding carboxylic acids is 1. The van der Waals surface area contributed by atoms with Gasteiger partial charge in [-0.3, -0.25) is 0 Å². The first-order chi connectivity index (χ1) is 11.7. The number of carbonyl (C=O) groups is 1. The molecule has 0 amide bonds. The molecule has 0 saturated heterocycles. The van der Waals surface area contributed by atoms with Gasteiger partial charge in [0.1, 0.15) is 0 Å². The predicted octanol–water partition coefficient (Wildman–Crippen LogP) is 2.95. The predicted molar refractivity (Wildman–Crippen MR) is 90.3 cm³/mol. The van der Waals surface area contributed by atoms with Crippen molar-refractivity contribution in [3.05, 3.63) is 28.7 Å². The van der Waals surface area contributed by atoms with Gasteiger partial charge in [0.2, 0.25) is 0 Å². The molecule has 2 aromatic rings. The van der Waals surface area contributed by atoms with Gasteiger partial charge in [0.15, 0.2) is 5.69 Å². The number of hydrogen-bond acceptors (Lipinski definition) is 5. The molecular formula is C18H24N2O4. The molecule has 0 fully saturated rings. The lowest BCUT2D eigenvalue weighted by molar-refractivity contribution is 0.0514. The Balaban J connectivity index is 2.21. The van der Waals surface area contributed by atoms with E-state index in [2.05, 4.69) is 9.97 Å². The summed E-state index contributed by atoms with van der Waals surface area (Å²) in [7, 11) is 3.35.